The summed E-state index contributed by atoms with van der Waals surface area (Å²) in [6, 6.07) is 9.82. The normalized spacial score (nSPS) is 10.7. The zero-order valence-electron chi connectivity index (χ0n) is 11.3. The number of aryl methyl sites for hydroxylation is 1. The summed E-state index contributed by atoms with van der Waals surface area (Å²) in [5.41, 5.74) is 2.85. The molecule has 0 unspecified atom stereocenters. The van der Waals surface area contributed by atoms with Crippen LogP contribution in [-0.2, 0) is 4.79 Å². The van der Waals surface area contributed by atoms with Crippen molar-refractivity contribution in [2.75, 3.05) is 5.32 Å². The highest BCUT2D eigenvalue weighted by Crippen LogP contribution is 2.28. The first-order valence-electron chi connectivity index (χ1n) is 6.33. The number of anilines is 1. The Bertz CT molecular complexity index is 774. The second kappa shape index (κ2) is 4.77. The average molecular weight is 266 g/mol. The molecule has 1 amide bonds. The number of rotatable bonds is 2. The van der Waals surface area contributed by atoms with Gasteiger partial charge in [-0.15, -0.1) is 0 Å². The third kappa shape index (κ3) is 2.14. The lowest BCUT2D eigenvalue weighted by Gasteiger charge is -2.05. The van der Waals surface area contributed by atoms with Gasteiger partial charge in [-0.1, -0.05) is 29.8 Å². The fourth-order valence-electron chi connectivity index (χ4n) is 2.09. The second-order valence-electron chi connectivity index (χ2n) is 4.65. The molecule has 2 heterocycles. The Hall–Kier alpha value is -2.69. The quantitative estimate of drug-likeness (QED) is 0.775. The molecular formula is C15H14N4O. The lowest BCUT2D eigenvalue weighted by Crippen LogP contribution is -2.09. The van der Waals surface area contributed by atoms with Gasteiger partial charge in [0.25, 0.3) is 0 Å². The maximum Gasteiger partial charge on any atom is 0.235 e. The zero-order valence-corrected chi connectivity index (χ0v) is 11.3. The summed E-state index contributed by atoms with van der Waals surface area (Å²) >= 11 is 0. The Labute approximate surface area is 116 Å². The first-order chi connectivity index (χ1) is 9.65. The molecular weight excluding hydrogens is 252 g/mol. The topological polar surface area (TPSA) is 59.3 Å². The van der Waals surface area contributed by atoms with Gasteiger partial charge in [-0.2, -0.15) is 0 Å². The molecule has 0 bridgehead atoms. The van der Waals surface area contributed by atoms with E-state index in [-0.39, 0.29) is 5.91 Å². The number of hydrogen-bond donors (Lipinski definition) is 1. The van der Waals surface area contributed by atoms with E-state index in [0.29, 0.717) is 11.6 Å². The van der Waals surface area contributed by atoms with Gasteiger partial charge in [0.15, 0.2) is 0 Å². The van der Waals surface area contributed by atoms with Crippen LogP contribution in [-0.4, -0.2) is 20.3 Å². The summed E-state index contributed by atoms with van der Waals surface area (Å²) in [5, 5.41) is 2.83. The highest BCUT2D eigenvalue weighted by molar-refractivity contribution is 5.92. The van der Waals surface area contributed by atoms with E-state index in [0.717, 1.165) is 11.3 Å². The first kappa shape index (κ1) is 12.3. The standard InChI is InChI=1S/C15H14N4O/c1-10-4-6-12(7-5-10)13-14(17-11(2)20)19-9-3-8-16-15(19)18-13/h3-9H,1-2H3,(H,17,20). The van der Waals surface area contributed by atoms with E-state index in [1.165, 1.54) is 12.5 Å². The molecule has 0 radical (unpaired) electrons. The molecule has 0 atom stereocenters. The van der Waals surface area contributed by atoms with Gasteiger partial charge in [0.2, 0.25) is 11.7 Å². The molecule has 2 aromatic heterocycles. The molecule has 100 valence electrons. The van der Waals surface area contributed by atoms with Gasteiger partial charge in [0.05, 0.1) is 0 Å². The first-order valence-corrected chi connectivity index (χ1v) is 6.33. The van der Waals surface area contributed by atoms with Crippen LogP contribution in [0.5, 0.6) is 0 Å². The van der Waals surface area contributed by atoms with Crippen molar-refractivity contribution in [1.29, 1.82) is 0 Å². The minimum Gasteiger partial charge on any atom is -0.310 e. The average Bonchev–Trinajstić information content (AvgIpc) is 2.78. The lowest BCUT2D eigenvalue weighted by molar-refractivity contribution is -0.114. The number of carbonyl (C=O) groups is 1. The van der Waals surface area contributed by atoms with Crippen LogP contribution in [0.25, 0.3) is 17.0 Å². The van der Waals surface area contributed by atoms with Crippen LogP contribution >= 0.6 is 0 Å². The van der Waals surface area contributed by atoms with Crippen LogP contribution in [0.15, 0.2) is 42.7 Å². The summed E-state index contributed by atoms with van der Waals surface area (Å²) in [6.45, 7) is 3.51. The van der Waals surface area contributed by atoms with Crippen molar-refractivity contribution in [1.82, 2.24) is 14.4 Å². The van der Waals surface area contributed by atoms with Crippen molar-refractivity contribution < 1.29 is 4.79 Å². The van der Waals surface area contributed by atoms with Crippen molar-refractivity contribution >= 4 is 17.5 Å². The fraction of sp³-hybridized carbons (Fsp3) is 0.133. The summed E-state index contributed by atoms with van der Waals surface area (Å²) in [4.78, 5) is 20.1. The zero-order chi connectivity index (χ0) is 14.1. The Kier molecular flexibility index (Phi) is 2.95. The number of hydrogen-bond acceptors (Lipinski definition) is 3. The Morgan fingerprint density at radius 2 is 2.00 bits per heavy atom. The van der Waals surface area contributed by atoms with Gasteiger partial charge in [0.1, 0.15) is 11.5 Å². The molecule has 5 nitrogen and oxygen atoms in total. The molecule has 0 aliphatic heterocycles. The van der Waals surface area contributed by atoms with Crippen LogP contribution in [0.1, 0.15) is 12.5 Å². The van der Waals surface area contributed by atoms with E-state index >= 15 is 0 Å². The molecule has 0 aliphatic carbocycles. The van der Waals surface area contributed by atoms with Gasteiger partial charge in [-0.3, -0.25) is 9.20 Å². The van der Waals surface area contributed by atoms with Gasteiger partial charge in [0, 0.05) is 24.9 Å². The molecule has 3 rings (SSSR count). The highest BCUT2D eigenvalue weighted by Gasteiger charge is 2.15. The Balaban J connectivity index is 2.23. The molecule has 3 aromatic rings. The fourth-order valence-corrected chi connectivity index (χ4v) is 2.09. The molecule has 0 saturated heterocycles. The predicted octanol–water partition coefficient (Wildman–Crippen LogP) is 2.66. The van der Waals surface area contributed by atoms with E-state index in [1.54, 1.807) is 16.7 Å². The predicted molar refractivity (Wildman–Crippen MR) is 77.5 cm³/mol. The van der Waals surface area contributed by atoms with Crippen molar-refractivity contribution in [2.45, 2.75) is 13.8 Å². The third-order valence-electron chi connectivity index (χ3n) is 3.02. The van der Waals surface area contributed by atoms with Crippen molar-refractivity contribution in [2.24, 2.45) is 0 Å². The number of aromatic nitrogens is 3. The SMILES string of the molecule is CC(=O)Nc1c(-c2ccc(C)cc2)nc2ncccn12. The number of nitrogens with one attached hydrogen (secondary N) is 1. The monoisotopic (exact) mass is 266 g/mol. The summed E-state index contributed by atoms with van der Waals surface area (Å²) in [7, 11) is 0. The van der Waals surface area contributed by atoms with Gasteiger partial charge < -0.3 is 5.32 Å². The van der Waals surface area contributed by atoms with E-state index in [9.17, 15) is 4.79 Å². The van der Waals surface area contributed by atoms with Crippen LogP contribution in [0, 0.1) is 6.92 Å². The maximum atomic E-state index is 11.4. The summed E-state index contributed by atoms with van der Waals surface area (Å²) < 4.78 is 1.77. The number of amides is 1. The molecule has 1 aromatic carbocycles. The molecule has 0 aliphatic rings. The highest BCUT2D eigenvalue weighted by atomic mass is 16.1. The molecule has 20 heavy (non-hydrogen) atoms. The van der Waals surface area contributed by atoms with Crippen molar-refractivity contribution in [3.63, 3.8) is 0 Å². The van der Waals surface area contributed by atoms with Crippen LogP contribution < -0.4 is 5.32 Å². The van der Waals surface area contributed by atoms with E-state index in [1.807, 2.05) is 37.4 Å². The van der Waals surface area contributed by atoms with E-state index in [4.69, 9.17) is 0 Å². The molecule has 5 heteroatoms. The van der Waals surface area contributed by atoms with E-state index in [2.05, 4.69) is 15.3 Å². The van der Waals surface area contributed by atoms with Gasteiger partial charge in [-0.25, -0.2) is 9.97 Å². The number of carbonyl (C=O) groups excluding carboxylic acids is 1. The maximum absolute atomic E-state index is 11.4. The third-order valence-corrected chi connectivity index (χ3v) is 3.02. The minimum atomic E-state index is -0.135. The van der Waals surface area contributed by atoms with Crippen LogP contribution in [0.3, 0.4) is 0 Å². The van der Waals surface area contributed by atoms with Crippen molar-refractivity contribution in [3.05, 3.63) is 48.3 Å². The Morgan fingerprint density at radius 3 is 2.70 bits per heavy atom. The summed E-state index contributed by atoms with van der Waals surface area (Å²) in [6.07, 6.45) is 3.51. The molecule has 1 N–H and O–H groups in total. The van der Waals surface area contributed by atoms with Gasteiger partial charge in [-0.05, 0) is 13.0 Å². The minimum absolute atomic E-state index is 0.135. The smallest absolute Gasteiger partial charge is 0.235 e. The van der Waals surface area contributed by atoms with Crippen molar-refractivity contribution in [3.8, 4) is 11.3 Å². The second-order valence-corrected chi connectivity index (χ2v) is 4.65. The molecule has 0 saturated carbocycles. The lowest BCUT2D eigenvalue weighted by atomic mass is 10.1. The largest absolute Gasteiger partial charge is 0.310 e. The van der Waals surface area contributed by atoms with E-state index < -0.39 is 0 Å². The number of nitrogens with zero attached hydrogens (tertiary/aromatic N) is 3. The Morgan fingerprint density at radius 1 is 1.25 bits per heavy atom. The number of imidazole rings is 1. The number of benzene rings is 1. The summed E-state index contributed by atoms with van der Waals surface area (Å²) in [5.74, 6) is 1.07. The molecule has 0 fully saturated rings. The number of fused-ring (bicyclic) bond motifs is 1. The van der Waals surface area contributed by atoms with Crippen LogP contribution in [0.4, 0.5) is 5.82 Å². The molecule has 0 spiro atoms. The van der Waals surface area contributed by atoms with Crippen LogP contribution in [0.2, 0.25) is 0 Å². The van der Waals surface area contributed by atoms with Gasteiger partial charge >= 0.3 is 0 Å².